The Kier molecular flexibility index (Phi) is 8.00. The van der Waals surface area contributed by atoms with Gasteiger partial charge in [-0.2, -0.15) is 0 Å². The quantitative estimate of drug-likeness (QED) is 0.156. The van der Waals surface area contributed by atoms with Crippen LogP contribution in [-0.2, 0) is 0 Å². The first-order chi connectivity index (χ1) is 22.8. The lowest BCUT2D eigenvalue weighted by molar-refractivity contribution is 1.71. The lowest BCUT2D eigenvalue weighted by atomic mass is 9.94. The fourth-order valence-corrected chi connectivity index (χ4v) is 11.3. The second-order valence-electron chi connectivity index (χ2n) is 11.4. The first-order valence-corrected chi connectivity index (χ1v) is 18.4. The molecule has 0 bridgehead atoms. The molecule has 2 heteroatoms. The predicted octanol–water partition coefficient (Wildman–Crippen LogP) is 9.18. The molecule has 0 aromatic heterocycles. The molecule has 8 aromatic carbocycles. The van der Waals surface area contributed by atoms with Crippen LogP contribution < -0.4 is 31.8 Å². The minimum atomic E-state index is -0.807. The van der Waals surface area contributed by atoms with E-state index in [9.17, 15) is 0 Å². The second kappa shape index (κ2) is 12.9. The molecule has 0 aliphatic heterocycles. The Labute approximate surface area is 273 Å². The molecule has 218 valence electrons. The highest BCUT2D eigenvalue weighted by atomic mass is 31.1. The topological polar surface area (TPSA) is 0 Å². The lowest BCUT2D eigenvalue weighted by Crippen LogP contribution is -2.22. The molecule has 0 unspecified atom stereocenters. The molecule has 0 fully saturated rings. The van der Waals surface area contributed by atoms with E-state index in [0.717, 1.165) is 0 Å². The van der Waals surface area contributed by atoms with Gasteiger partial charge in [0.05, 0.1) is 0 Å². The van der Waals surface area contributed by atoms with Gasteiger partial charge in [0.1, 0.15) is 0 Å². The second-order valence-corrected chi connectivity index (χ2v) is 15.8. The molecule has 0 atom stereocenters. The van der Waals surface area contributed by atoms with Crippen LogP contribution >= 0.6 is 15.8 Å². The Balaban J connectivity index is 1.41. The number of rotatable bonds is 7. The average molecular weight is 623 g/mol. The van der Waals surface area contributed by atoms with Gasteiger partial charge in [0.25, 0.3) is 0 Å². The summed E-state index contributed by atoms with van der Waals surface area (Å²) >= 11 is 0. The molecule has 0 aliphatic rings. The molecule has 0 spiro atoms. The number of hydrogen-bond acceptors (Lipinski definition) is 0. The van der Waals surface area contributed by atoms with Gasteiger partial charge in [-0.25, -0.2) is 0 Å². The lowest BCUT2D eigenvalue weighted by Gasteiger charge is -2.25. The highest BCUT2D eigenvalue weighted by Crippen LogP contribution is 2.43. The zero-order valence-electron chi connectivity index (χ0n) is 25.4. The van der Waals surface area contributed by atoms with E-state index in [0.29, 0.717) is 0 Å². The van der Waals surface area contributed by atoms with Crippen molar-refractivity contribution in [2.45, 2.75) is 0 Å². The van der Waals surface area contributed by atoms with E-state index in [1.807, 2.05) is 0 Å². The summed E-state index contributed by atoms with van der Waals surface area (Å²) < 4.78 is 0. The Morgan fingerprint density at radius 3 is 1.33 bits per heavy atom. The van der Waals surface area contributed by atoms with Crippen molar-refractivity contribution in [1.29, 1.82) is 0 Å². The molecule has 0 radical (unpaired) electrons. The van der Waals surface area contributed by atoms with Crippen LogP contribution in [0.3, 0.4) is 0 Å². The van der Waals surface area contributed by atoms with Crippen LogP contribution in [-0.4, -0.2) is 0 Å². The van der Waals surface area contributed by atoms with E-state index in [2.05, 4.69) is 194 Å². The Morgan fingerprint density at radius 1 is 0.283 bits per heavy atom. The van der Waals surface area contributed by atoms with Crippen LogP contribution in [0.25, 0.3) is 32.7 Å². The zero-order chi connectivity index (χ0) is 30.7. The smallest absolute Gasteiger partial charge is 0.00155 e. The maximum absolute atomic E-state index is 2.48. The monoisotopic (exact) mass is 622 g/mol. The SMILES string of the molecule is c1ccc(P(c2ccccc2)c2ccc3cccc(-c4c(P(c5ccccc5)c5ccccc5)ccc5ccccc45)c3c2)cc1. The molecule has 0 saturated carbocycles. The number of benzene rings is 8. The van der Waals surface area contributed by atoms with Gasteiger partial charge >= 0.3 is 0 Å². The Bertz CT molecular complexity index is 2170. The van der Waals surface area contributed by atoms with Crippen LogP contribution in [0.2, 0.25) is 0 Å². The summed E-state index contributed by atoms with van der Waals surface area (Å²) in [5, 5.41) is 13.3. The summed E-state index contributed by atoms with van der Waals surface area (Å²) in [5.74, 6) is 0. The predicted molar refractivity (Wildman–Crippen MR) is 204 cm³/mol. The van der Waals surface area contributed by atoms with Gasteiger partial charge in [0.15, 0.2) is 0 Å². The molecular weight excluding hydrogens is 590 g/mol. The highest BCUT2D eigenvalue weighted by Gasteiger charge is 2.24. The summed E-state index contributed by atoms with van der Waals surface area (Å²) in [6, 6.07) is 71.7. The van der Waals surface area contributed by atoms with Crippen molar-refractivity contribution in [2.24, 2.45) is 0 Å². The third kappa shape index (κ3) is 5.46. The Hall–Kier alpha value is -4.86. The summed E-state index contributed by atoms with van der Waals surface area (Å²) in [7, 11) is -1.53. The van der Waals surface area contributed by atoms with Crippen LogP contribution in [0.5, 0.6) is 0 Å². The maximum Gasteiger partial charge on any atom is -0.00155 e. The highest BCUT2D eigenvalue weighted by molar-refractivity contribution is 7.80. The van der Waals surface area contributed by atoms with Crippen LogP contribution in [0.15, 0.2) is 194 Å². The normalized spacial score (nSPS) is 11.4. The van der Waals surface area contributed by atoms with E-state index in [-0.39, 0.29) is 0 Å². The average Bonchev–Trinajstić information content (AvgIpc) is 3.13. The van der Waals surface area contributed by atoms with Crippen molar-refractivity contribution in [3.05, 3.63) is 194 Å². The molecule has 0 aliphatic carbocycles. The van der Waals surface area contributed by atoms with Crippen molar-refractivity contribution in [3.63, 3.8) is 0 Å². The Morgan fingerprint density at radius 2 is 0.739 bits per heavy atom. The van der Waals surface area contributed by atoms with Gasteiger partial charge in [-0.1, -0.05) is 188 Å². The largest absolute Gasteiger partial charge is 0.0622 e. The minimum absolute atomic E-state index is 0.723. The zero-order valence-corrected chi connectivity index (χ0v) is 27.2. The van der Waals surface area contributed by atoms with Crippen LogP contribution in [0, 0.1) is 0 Å². The van der Waals surface area contributed by atoms with Crippen molar-refractivity contribution in [3.8, 4) is 11.1 Å². The minimum Gasteiger partial charge on any atom is -0.0622 e. The van der Waals surface area contributed by atoms with Crippen molar-refractivity contribution < 1.29 is 0 Å². The maximum atomic E-state index is 2.48. The molecule has 0 heterocycles. The molecule has 0 nitrogen and oxygen atoms in total. The van der Waals surface area contributed by atoms with Gasteiger partial charge in [0, 0.05) is 0 Å². The van der Waals surface area contributed by atoms with Gasteiger partial charge in [-0.05, 0) is 86.4 Å². The summed E-state index contributed by atoms with van der Waals surface area (Å²) in [6.45, 7) is 0. The summed E-state index contributed by atoms with van der Waals surface area (Å²) in [6.07, 6.45) is 0. The van der Waals surface area contributed by atoms with Crippen molar-refractivity contribution in [1.82, 2.24) is 0 Å². The van der Waals surface area contributed by atoms with E-state index < -0.39 is 15.8 Å². The molecule has 0 amide bonds. The van der Waals surface area contributed by atoms with Crippen LogP contribution in [0.1, 0.15) is 0 Å². The van der Waals surface area contributed by atoms with Crippen molar-refractivity contribution in [2.75, 3.05) is 0 Å². The fraction of sp³-hybridized carbons (Fsp3) is 0. The van der Waals surface area contributed by atoms with E-state index in [1.54, 1.807) is 0 Å². The molecule has 0 saturated heterocycles. The van der Waals surface area contributed by atoms with E-state index in [4.69, 9.17) is 0 Å². The van der Waals surface area contributed by atoms with Crippen LogP contribution in [0.4, 0.5) is 0 Å². The molecular formula is C44H32P2. The summed E-state index contributed by atoms with van der Waals surface area (Å²) in [4.78, 5) is 0. The third-order valence-electron chi connectivity index (χ3n) is 8.60. The summed E-state index contributed by atoms with van der Waals surface area (Å²) in [5.41, 5.74) is 2.63. The number of fused-ring (bicyclic) bond motifs is 2. The molecule has 0 N–H and O–H groups in total. The standard InChI is InChI=1S/C44H32P2/c1-5-18-35(19-6-1)45(36-20-7-2-8-21-36)39-30-28-34-17-15-27-41(42(34)32-39)44-40-26-14-13-16-33(40)29-31-43(44)46(37-22-9-3-10-23-37)38-24-11-4-12-25-38/h1-32H. The first-order valence-electron chi connectivity index (χ1n) is 15.7. The van der Waals surface area contributed by atoms with Gasteiger partial charge in [0.2, 0.25) is 0 Å². The molecule has 8 rings (SSSR count). The fourth-order valence-electron chi connectivity index (χ4n) is 6.53. The van der Waals surface area contributed by atoms with Gasteiger partial charge in [-0.15, -0.1) is 0 Å². The first kappa shape index (κ1) is 28.6. The van der Waals surface area contributed by atoms with E-state index >= 15 is 0 Å². The van der Waals surface area contributed by atoms with Gasteiger partial charge < -0.3 is 0 Å². The number of hydrogen-bond donors (Lipinski definition) is 0. The van der Waals surface area contributed by atoms with Gasteiger partial charge in [-0.3, -0.25) is 0 Å². The molecule has 46 heavy (non-hydrogen) atoms. The molecule has 8 aromatic rings. The van der Waals surface area contributed by atoms with E-state index in [1.165, 1.54) is 64.5 Å². The third-order valence-corrected chi connectivity index (χ3v) is 13.5. The van der Waals surface area contributed by atoms with Crippen molar-refractivity contribution >= 4 is 69.2 Å².